The van der Waals surface area contributed by atoms with Gasteiger partial charge in [0.15, 0.2) is 0 Å². The van der Waals surface area contributed by atoms with Crippen LogP contribution < -0.4 is 0 Å². The molecule has 0 aromatic rings. The third kappa shape index (κ3) is 2.17. The first-order chi connectivity index (χ1) is 4.10. The summed E-state index contributed by atoms with van der Waals surface area (Å²) < 4.78 is 0.268. The molecule has 0 amide bonds. The Hall–Kier alpha value is 0.290. The molecule has 0 bridgehead atoms. The molecule has 0 N–H and O–H groups in total. The highest BCUT2D eigenvalue weighted by atomic mass is 127. The van der Waals surface area contributed by atoms with E-state index in [2.05, 4.69) is 48.3 Å². The van der Waals surface area contributed by atoms with E-state index in [0.29, 0.717) is 5.92 Å². The molecule has 1 aliphatic rings. The topological polar surface area (TPSA) is 0 Å². The number of alkyl halides is 1. The van der Waals surface area contributed by atoms with Crippen molar-refractivity contribution in [1.29, 1.82) is 0 Å². The Kier molecular flexibility index (Phi) is 2.05. The molecule has 0 aliphatic heterocycles. The molecule has 0 aromatic carbocycles. The average Bonchev–Trinajstić information content (AvgIpc) is 1.78. The van der Waals surface area contributed by atoms with Crippen molar-refractivity contribution in [2.75, 3.05) is 0 Å². The van der Waals surface area contributed by atoms with Crippen LogP contribution in [-0.2, 0) is 0 Å². The van der Waals surface area contributed by atoms with E-state index in [1.807, 2.05) is 0 Å². The summed E-state index contributed by atoms with van der Waals surface area (Å²) >= 11 is 2.43. The van der Waals surface area contributed by atoms with E-state index < -0.39 is 0 Å². The lowest BCUT2D eigenvalue weighted by Gasteiger charge is -2.20. The summed E-state index contributed by atoms with van der Waals surface area (Å²) in [5.41, 5.74) is 0. The number of rotatable bonds is 0. The second-order valence-corrected chi connectivity index (χ2v) is 5.29. The summed E-state index contributed by atoms with van der Waals surface area (Å²) in [6.07, 6.45) is 2.52. The highest BCUT2D eigenvalue weighted by molar-refractivity contribution is 14.1. The van der Waals surface area contributed by atoms with Crippen LogP contribution in [0.1, 0.15) is 26.7 Å². The van der Waals surface area contributed by atoms with Gasteiger partial charge >= 0.3 is 0 Å². The van der Waals surface area contributed by atoms with Crippen LogP contribution in [0.25, 0.3) is 0 Å². The second-order valence-electron chi connectivity index (χ2n) is 2.91. The summed E-state index contributed by atoms with van der Waals surface area (Å²) in [7, 11) is 0. The third-order valence-electron chi connectivity index (χ3n) is 1.63. The van der Waals surface area contributed by atoms with Crippen molar-refractivity contribution >= 4 is 22.6 Å². The molecule has 1 heteroatoms. The molecule has 0 radical (unpaired) electrons. The number of halogens is 1. The quantitative estimate of drug-likeness (QED) is 0.343. The SMILES string of the molecule is CC1C#C[C@@](C)(I)CC1. The molecule has 0 heterocycles. The van der Waals surface area contributed by atoms with Crippen LogP contribution in [0.15, 0.2) is 0 Å². The fraction of sp³-hybridized carbons (Fsp3) is 0.750. The van der Waals surface area contributed by atoms with Crippen LogP contribution in [0.5, 0.6) is 0 Å². The van der Waals surface area contributed by atoms with Crippen molar-refractivity contribution in [3.63, 3.8) is 0 Å². The zero-order valence-electron chi connectivity index (χ0n) is 5.87. The van der Waals surface area contributed by atoms with Crippen LogP contribution in [0.2, 0.25) is 0 Å². The monoisotopic (exact) mass is 234 g/mol. The predicted molar refractivity (Wildman–Crippen MR) is 48.6 cm³/mol. The molecular weight excluding hydrogens is 223 g/mol. The molecule has 0 saturated heterocycles. The molecule has 0 saturated carbocycles. The lowest BCUT2D eigenvalue weighted by Crippen LogP contribution is -2.17. The first-order valence-electron chi connectivity index (χ1n) is 3.32. The Morgan fingerprint density at radius 3 is 2.67 bits per heavy atom. The first kappa shape index (κ1) is 7.40. The largest absolute Gasteiger partial charge is 0.0988 e. The van der Waals surface area contributed by atoms with E-state index in [-0.39, 0.29) is 3.42 Å². The highest BCUT2D eigenvalue weighted by Crippen LogP contribution is 2.28. The highest BCUT2D eigenvalue weighted by Gasteiger charge is 2.20. The minimum absolute atomic E-state index is 0.268. The van der Waals surface area contributed by atoms with Crippen molar-refractivity contribution in [3.05, 3.63) is 0 Å². The molecule has 0 nitrogen and oxygen atoms in total. The standard InChI is InChI=1S/C8H11I/c1-7-3-5-8(2,9)6-4-7/h7H,3,5H2,1-2H3/t7?,8-/m0/s1. The maximum atomic E-state index is 3.24. The van der Waals surface area contributed by atoms with Crippen LogP contribution in [0, 0.1) is 17.8 Å². The molecule has 1 aliphatic carbocycles. The van der Waals surface area contributed by atoms with E-state index in [0.717, 1.165) is 0 Å². The fourth-order valence-corrected chi connectivity index (χ4v) is 1.36. The van der Waals surface area contributed by atoms with E-state index in [1.165, 1.54) is 12.8 Å². The van der Waals surface area contributed by atoms with Gasteiger partial charge in [0.2, 0.25) is 0 Å². The molecule has 9 heavy (non-hydrogen) atoms. The zero-order chi connectivity index (χ0) is 6.91. The van der Waals surface area contributed by atoms with Gasteiger partial charge < -0.3 is 0 Å². The van der Waals surface area contributed by atoms with Crippen LogP contribution >= 0.6 is 22.6 Å². The van der Waals surface area contributed by atoms with Crippen molar-refractivity contribution in [3.8, 4) is 11.8 Å². The zero-order valence-corrected chi connectivity index (χ0v) is 8.03. The average molecular weight is 234 g/mol. The van der Waals surface area contributed by atoms with Crippen LogP contribution in [0.4, 0.5) is 0 Å². The smallest absolute Gasteiger partial charge is 0.0799 e. The Morgan fingerprint density at radius 2 is 2.33 bits per heavy atom. The van der Waals surface area contributed by atoms with Gasteiger partial charge in [0.1, 0.15) is 0 Å². The van der Waals surface area contributed by atoms with Crippen LogP contribution in [-0.4, -0.2) is 3.42 Å². The maximum absolute atomic E-state index is 3.24. The molecule has 2 atom stereocenters. The third-order valence-corrected chi connectivity index (χ3v) is 2.44. The Balaban J connectivity index is 2.67. The van der Waals surface area contributed by atoms with Gasteiger partial charge in [-0.3, -0.25) is 0 Å². The first-order valence-corrected chi connectivity index (χ1v) is 4.40. The molecule has 50 valence electrons. The van der Waals surface area contributed by atoms with Gasteiger partial charge in [0.05, 0.1) is 3.42 Å². The Morgan fingerprint density at radius 1 is 1.67 bits per heavy atom. The number of hydrogen-bond acceptors (Lipinski definition) is 0. The minimum atomic E-state index is 0.268. The molecule has 0 fully saturated rings. The normalized spacial score (nSPS) is 41.4. The minimum Gasteiger partial charge on any atom is -0.0988 e. The van der Waals surface area contributed by atoms with Gasteiger partial charge in [0.25, 0.3) is 0 Å². The summed E-state index contributed by atoms with van der Waals surface area (Å²) in [5, 5.41) is 0. The van der Waals surface area contributed by atoms with Crippen molar-refractivity contribution in [2.24, 2.45) is 5.92 Å². The Labute approximate surface area is 70.5 Å². The van der Waals surface area contributed by atoms with Gasteiger partial charge in [-0.15, -0.1) is 0 Å². The van der Waals surface area contributed by atoms with Gasteiger partial charge in [-0.1, -0.05) is 41.4 Å². The van der Waals surface area contributed by atoms with E-state index in [9.17, 15) is 0 Å². The van der Waals surface area contributed by atoms with Crippen molar-refractivity contribution in [1.82, 2.24) is 0 Å². The van der Waals surface area contributed by atoms with E-state index in [4.69, 9.17) is 0 Å². The predicted octanol–water partition coefficient (Wildman–Crippen LogP) is 2.61. The van der Waals surface area contributed by atoms with Gasteiger partial charge in [-0.2, -0.15) is 0 Å². The summed E-state index contributed by atoms with van der Waals surface area (Å²) in [6.45, 7) is 4.39. The summed E-state index contributed by atoms with van der Waals surface area (Å²) in [5.74, 6) is 7.09. The van der Waals surface area contributed by atoms with Crippen molar-refractivity contribution in [2.45, 2.75) is 30.1 Å². The second kappa shape index (κ2) is 2.49. The summed E-state index contributed by atoms with van der Waals surface area (Å²) in [4.78, 5) is 0. The molecule has 0 spiro atoms. The van der Waals surface area contributed by atoms with Crippen LogP contribution in [0.3, 0.4) is 0 Å². The molecule has 0 aromatic heterocycles. The van der Waals surface area contributed by atoms with Crippen molar-refractivity contribution < 1.29 is 0 Å². The van der Waals surface area contributed by atoms with Gasteiger partial charge in [0, 0.05) is 5.92 Å². The van der Waals surface area contributed by atoms with E-state index in [1.54, 1.807) is 0 Å². The molecule has 1 unspecified atom stereocenters. The number of hydrogen-bond donors (Lipinski definition) is 0. The molecular formula is C8H11I. The maximum Gasteiger partial charge on any atom is 0.0799 e. The fourth-order valence-electron chi connectivity index (χ4n) is 0.896. The lowest BCUT2D eigenvalue weighted by molar-refractivity contribution is 0.573. The lowest BCUT2D eigenvalue weighted by atomic mass is 9.93. The Bertz CT molecular complexity index is 159. The summed E-state index contributed by atoms with van der Waals surface area (Å²) in [6, 6.07) is 0. The molecule has 1 rings (SSSR count). The van der Waals surface area contributed by atoms with Gasteiger partial charge in [-0.05, 0) is 19.8 Å². The van der Waals surface area contributed by atoms with E-state index >= 15 is 0 Å². The van der Waals surface area contributed by atoms with Gasteiger partial charge in [-0.25, -0.2) is 0 Å².